The molecular weight excluding hydrogens is 294 g/mol. The third-order valence-electron chi connectivity index (χ3n) is 2.53. The zero-order valence-electron chi connectivity index (χ0n) is 12.4. The smallest absolute Gasteiger partial charge is 0.341 e. The molecule has 0 atom stereocenters. The van der Waals surface area contributed by atoms with E-state index in [2.05, 4.69) is 5.32 Å². The van der Waals surface area contributed by atoms with E-state index in [0.29, 0.717) is 10.6 Å². The van der Waals surface area contributed by atoms with Crippen LogP contribution in [0.2, 0.25) is 0 Å². The highest BCUT2D eigenvalue weighted by molar-refractivity contribution is 7.16. The Bertz CT molecular complexity index is 523. The number of rotatable bonds is 7. The maximum atomic E-state index is 11.8. The van der Waals surface area contributed by atoms with Gasteiger partial charge in [0, 0.05) is 11.3 Å². The van der Waals surface area contributed by atoms with E-state index in [0.717, 1.165) is 11.3 Å². The molecule has 1 aromatic rings. The lowest BCUT2D eigenvalue weighted by Gasteiger charge is -2.06. The SMILES string of the molecule is CCOC(=O)c1cc(CC)sc1NC(=O)COC(=O)CC. The number of nitrogens with one attached hydrogen (secondary N) is 1. The molecule has 116 valence electrons. The van der Waals surface area contributed by atoms with Gasteiger partial charge in [-0.05, 0) is 19.4 Å². The van der Waals surface area contributed by atoms with E-state index in [4.69, 9.17) is 9.47 Å². The van der Waals surface area contributed by atoms with Gasteiger partial charge in [-0.25, -0.2) is 4.79 Å². The van der Waals surface area contributed by atoms with Crippen molar-refractivity contribution in [1.29, 1.82) is 0 Å². The Labute approximate surface area is 127 Å². The Kier molecular flexibility index (Phi) is 6.87. The molecule has 6 nitrogen and oxygen atoms in total. The fourth-order valence-electron chi connectivity index (χ4n) is 1.48. The quantitative estimate of drug-likeness (QED) is 0.782. The first-order valence-corrected chi connectivity index (χ1v) is 7.58. The van der Waals surface area contributed by atoms with Crippen LogP contribution in [0.1, 0.15) is 42.4 Å². The summed E-state index contributed by atoms with van der Waals surface area (Å²) in [5.41, 5.74) is 0.328. The van der Waals surface area contributed by atoms with Crippen molar-refractivity contribution in [3.8, 4) is 0 Å². The first-order chi connectivity index (χ1) is 10.0. The normalized spacial score (nSPS) is 10.0. The lowest BCUT2D eigenvalue weighted by molar-refractivity contribution is -0.146. The largest absolute Gasteiger partial charge is 0.462 e. The number of carbonyl (C=O) groups excluding carboxylic acids is 3. The van der Waals surface area contributed by atoms with Crippen molar-refractivity contribution >= 4 is 34.2 Å². The van der Waals surface area contributed by atoms with Crippen molar-refractivity contribution in [2.75, 3.05) is 18.5 Å². The summed E-state index contributed by atoms with van der Waals surface area (Å²) in [4.78, 5) is 35.5. The summed E-state index contributed by atoms with van der Waals surface area (Å²) in [5, 5.41) is 3.00. The summed E-state index contributed by atoms with van der Waals surface area (Å²) >= 11 is 1.31. The third kappa shape index (κ3) is 5.18. The Morgan fingerprint density at radius 2 is 1.90 bits per heavy atom. The molecule has 0 saturated carbocycles. The monoisotopic (exact) mass is 313 g/mol. The van der Waals surface area contributed by atoms with Gasteiger partial charge in [-0.2, -0.15) is 0 Å². The molecule has 0 saturated heterocycles. The Morgan fingerprint density at radius 1 is 1.19 bits per heavy atom. The van der Waals surface area contributed by atoms with Crippen LogP contribution >= 0.6 is 11.3 Å². The van der Waals surface area contributed by atoms with Crippen LogP contribution in [0.5, 0.6) is 0 Å². The van der Waals surface area contributed by atoms with Crippen molar-refractivity contribution in [2.24, 2.45) is 0 Å². The summed E-state index contributed by atoms with van der Waals surface area (Å²) in [5.74, 6) is -1.41. The molecule has 0 aliphatic carbocycles. The van der Waals surface area contributed by atoms with Gasteiger partial charge >= 0.3 is 11.9 Å². The second-order valence-corrected chi connectivity index (χ2v) is 5.23. The minimum absolute atomic E-state index is 0.209. The number of carbonyl (C=O) groups is 3. The van der Waals surface area contributed by atoms with Gasteiger partial charge in [0.1, 0.15) is 5.00 Å². The summed E-state index contributed by atoms with van der Waals surface area (Å²) in [7, 11) is 0. The Hall–Kier alpha value is -1.89. The second kappa shape index (κ2) is 8.41. The van der Waals surface area contributed by atoms with Gasteiger partial charge in [-0.3, -0.25) is 9.59 Å². The lowest BCUT2D eigenvalue weighted by atomic mass is 10.2. The zero-order valence-corrected chi connectivity index (χ0v) is 13.2. The molecule has 0 unspecified atom stereocenters. The van der Waals surface area contributed by atoms with Crippen molar-refractivity contribution < 1.29 is 23.9 Å². The van der Waals surface area contributed by atoms with Crippen LogP contribution in [0.4, 0.5) is 5.00 Å². The highest BCUT2D eigenvalue weighted by Crippen LogP contribution is 2.29. The van der Waals surface area contributed by atoms with Gasteiger partial charge in [0.15, 0.2) is 6.61 Å². The van der Waals surface area contributed by atoms with Crippen LogP contribution in [0, 0.1) is 0 Å². The molecule has 1 aromatic heterocycles. The molecular formula is C14H19NO5S. The molecule has 7 heteroatoms. The zero-order chi connectivity index (χ0) is 15.8. The highest BCUT2D eigenvalue weighted by Gasteiger charge is 2.19. The average molecular weight is 313 g/mol. The number of thiophene rings is 1. The number of ether oxygens (including phenoxy) is 2. The van der Waals surface area contributed by atoms with E-state index >= 15 is 0 Å². The molecule has 0 fully saturated rings. The predicted octanol–water partition coefficient (Wildman–Crippen LogP) is 2.38. The van der Waals surface area contributed by atoms with Crippen molar-refractivity contribution in [1.82, 2.24) is 0 Å². The topological polar surface area (TPSA) is 81.7 Å². The Balaban J connectivity index is 2.76. The fraction of sp³-hybridized carbons (Fsp3) is 0.500. The van der Waals surface area contributed by atoms with Gasteiger partial charge < -0.3 is 14.8 Å². The van der Waals surface area contributed by atoms with E-state index in [1.54, 1.807) is 19.9 Å². The number of anilines is 1. The van der Waals surface area contributed by atoms with Gasteiger partial charge in [-0.15, -0.1) is 11.3 Å². The summed E-state index contributed by atoms with van der Waals surface area (Å²) < 4.78 is 9.70. The fourth-order valence-corrected chi connectivity index (χ4v) is 2.48. The number of hydrogen-bond acceptors (Lipinski definition) is 6. The predicted molar refractivity (Wildman–Crippen MR) is 79.5 cm³/mol. The van der Waals surface area contributed by atoms with Crippen LogP contribution in [0.3, 0.4) is 0 Å². The molecule has 0 bridgehead atoms. The number of amides is 1. The maximum Gasteiger partial charge on any atom is 0.341 e. The summed E-state index contributed by atoms with van der Waals surface area (Å²) in [6, 6.07) is 1.70. The van der Waals surface area contributed by atoms with E-state index in [-0.39, 0.29) is 19.6 Å². The molecule has 1 amide bonds. The molecule has 1 N–H and O–H groups in total. The minimum atomic E-state index is -0.480. The van der Waals surface area contributed by atoms with Gasteiger partial charge in [0.25, 0.3) is 5.91 Å². The van der Waals surface area contributed by atoms with Crippen LogP contribution in [0.25, 0.3) is 0 Å². The molecule has 0 aliphatic rings. The van der Waals surface area contributed by atoms with Crippen molar-refractivity contribution in [3.05, 3.63) is 16.5 Å². The average Bonchev–Trinajstić information content (AvgIpc) is 2.88. The lowest BCUT2D eigenvalue weighted by Crippen LogP contribution is -2.21. The number of esters is 2. The minimum Gasteiger partial charge on any atom is -0.462 e. The highest BCUT2D eigenvalue weighted by atomic mass is 32.1. The standard InChI is InChI=1S/C14H19NO5S/c1-4-9-7-10(14(18)19-6-3)13(21-9)15-11(16)8-20-12(17)5-2/h7H,4-6,8H2,1-3H3,(H,15,16). The number of aryl methyl sites for hydroxylation is 1. The van der Waals surface area contributed by atoms with Crippen molar-refractivity contribution in [3.63, 3.8) is 0 Å². The van der Waals surface area contributed by atoms with Gasteiger partial charge in [-0.1, -0.05) is 13.8 Å². The van der Waals surface area contributed by atoms with Crippen LogP contribution in [-0.4, -0.2) is 31.1 Å². The molecule has 0 aliphatic heterocycles. The summed E-state index contributed by atoms with van der Waals surface area (Å²) in [6.07, 6.45) is 0.956. The van der Waals surface area contributed by atoms with Crippen LogP contribution in [-0.2, 0) is 25.5 Å². The molecule has 0 aromatic carbocycles. The van der Waals surface area contributed by atoms with Crippen molar-refractivity contribution in [2.45, 2.75) is 33.6 Å². The molecule has 21 heavy (non-hydrogen) atoms. The third-order valence-corrected chi connectivity index (χ3v) is 3.73. The maximum absolute atomic E-state index is 11.8. The van der Waals surface area contributed by atoms with Crippen LogP contribution < -0.4 is 5.32 Å². The van der Waals surface area contributed by atoms with Crippen LogP contribution in [0.15, 0.2) is 6.07 Å². The Morgan fingerprint density at radius 3 is 2.48 bits per heavy atom. The van der Waals surface area contributed by atoms with E-state index in [1.807, 2.05) is 6.92 Å². The first-order valence-electron chi connectivity index (χ1n) is 6.77. The summed E-state index contributed by atoms with van der Waals surface area (Å²) in [6.45, 7) is 5.21. The van der Waals surface area contributed by atoms with Gasteiger partial charge in [0.05, 0.1) is 12.2 Å². The number of hydrogen-bond donors (Lipinski definition) is 1. The molecule has 1 rings (SSSR count). The van der Waals surface area contributed by atoms with E-state index < -0.39 is 17.8 Å². The molecule has 0 spiro atoms. The molecule has 1 heterocycles. The van der Waals surface area contributed by atoms with Gasteiger partial charge in [0.2, 0.25) is 0 Å². The first kappa shape index (κ1) is 17.2. The van der Waals surface area contributed by atoms with E-state index in [9.17, 15) is 14.4 Å². The second-order valence-electron chi connectivity index (χ2n) is 4.09. The molecule has 0 radical (unpaired) electrons. The van der Waals surface area contributed by atoms with E-state index in [1.165, 1.54) is 11.3 Å².